The average molecular weight is 300 g/mol. The topological polar surface area (TPSA) is 15.3 Å². The smallest absolute Gasteiger partial charge is 0.161 e. The van der Waals surface area contributed by atoms with Crippen LogP contribution in [0.5, 0.6) is 0 Å². The first-order valence-corrected chi connectivity index (χ1v) is 7.72. The Morgan fingerprint density at radius 3 is 2.38 bits per heavy atom. The van der Waals surface area contributed by atoms with Crippen LogP contribution in [-0.4, -0.2) is 31.1 Å². The van der Waals surface area contributed by atoms with Gasteiger partial charge in [0.1, 0.15) is 5.82 Å². The zero-order valence-electron chi connectivity index (χ0n) is 12.5. The van der Waals surface area contributed by atoms with E-state index in [1.165, 1.54) is 0 Å². The average Bonchev–Trinajstić information content (AvgIpc) is 2.49. The van der Waals surface area contributed by atoms with Crippen LogP contribution in [0.25, 0.3) is 0 Å². The third-order valence-corrected chi connectivity index (χ3v) is 4.07. The van der Waals surface area contributed by atoms with Crippen LogP contribution < -0.4 is 5.32 Å². The second-order valence-corrected chi connectivity index (χ2v) is 5.59. The van der Waals surface area contributed by atoms with Gasteiger partial charge < -0.3 is 5.32 Å². The molecule has 1 atom stereocenters. The molecule has 1 fully saturated rings. The Balaban J connectivity index is 2.22. The predicted octanol–water partition coefficient (Wildman–Crippen LogP) is 3.63. The number of nitrogens with zero attached hydrogens (tertiary/aromatic N) is 1. The zero-order valence-corrected chi connectivity index (χ0v) is 12.5. The fourth-order valence-electron chi connectivity index (χ4n) is 2.91. The molecular weight excluding hydrogens is 277 g/mol. The van der Waals surface area contributed by atoms with E-state index in [2.05, 4.69) is 17.1 Å². The molecule has 0 aliphatic carbocycles. The van der Waals surface area contributed by atoms with E-state index >= 15 is 0 Å². The Morgan fingerprint density at radius 2 is 1.71 bits per heavy atom. The van der Waals surface area contributed by atoms with Crippen LogP contribution in [0.2, 0.25) is 0 Å². The van der Waals surface area contributed by atoms with Gasteiger partial charge in [0, 0.05) is 43.9 Å². The van der Waals surface area contributed by atoms with Crippen LogP contribution in [0, 0.1) is 17.5 Å². The molecule has 1 aromatic carbocycles. The molecule has 118 valence electrons. The van der Waals surface area contributed by atoms with E-state index < -0.39 is 17.5 Å². The van der Waals surface area contributed by atoms with Gasteiger partial charge in [0.05, 0.1) is 0 Å². The molecule has 0 aromatic heterocycles. The number of hydrogen-bond acceptors (Lipinski definition) is 2. The summed E-state index contributed by atoms with van der Waals surface area (Å²) in [6.45, 7) is 5.40. The molecule has 0 radical (unpaired) electrons. The highest BCUT2D eigenvalue weighted by atomic mass is 19.2. The Kier molecular flexibility index (Phi) is 6.06. The number of hydrogen-bond donors (Lipinski definition) is 1. The minimum absolute atomic E-state index is 0.172. The van der Waals surface area contributed by atoms with Gasteiger partial charge in [-0.1, -0.05) is 26.2 Å². The number of rotatable bonds is 6. The number of nitrogens with one attached hydrogen (secondary N) is 1. The van der Waals surface area contributed by atoms with Crippen molar-refractivity contribution >= 4 is 0 Å². The van der Waals surface area contributed by atoms with Crippen molar-refractivity contribution < 1.29 is 13.2 Å². The Labute approximate surface area is 124 Å². The monoisotopic (exact) mass is 300 g/mol. The van der Waals surface area contributed by atoms with Crippen LogP contribution >= 0.6 is 0 Å². The van der Waals surface area contributed by atoms with Crippen LogP contribution in [0.3, 0.4) is 0 Å². The molecule has 1 aliphatic rings. The van der Waals surface area contributed by atoms with E-state index in [9.17, 15) is 13.2 Å². The van der Waals surface area contributed by atoms with Crippen molar-refractivity contribution in [3.05, 3.63) is 35.1 Å². The molecule has 1 saturated heterocycles. The third kappa shape index (κ3) is 4.20. The molecule has 0 bridgehead atoms. The van der Waals surface area contributed by atoms with Crippen molar-refractivity contribution in [2.45, 2.75) is 38.6 Å². The molecule has 1 N–H and O–H groups in total. The normalized spacial score (nSPS) is 17.9. The molecule has 2 nitrogen and oxygen atoms in total. The molecule has 1 aromatic rings. The highest BCUT2D eigenvalue weighted by Gasteiger charge is 2.25. The molecule has 2 rings (SSSR count). The fraction of sp³-hybridized carbons (Fsp3) is 0.625. The summed E-state index contributed by atoms with van der Waals surface area (Å²) in [6, 6.07) is 1.52. The standard InChI is InChI=1S/C16H23F3N2/c1-2-3-4-5-16(21-8-6-20-7-9-21)12-10-14(18)15(19)11-13(12)17/h10-11,16,20H,2-9H2,1H3/t16-/m1/s1. The van der Waals surface area contributed by atoms with Crippen molar-refractivity contribution in [1.29, 1.82) is 0 Å². The predicted molar refractivity (Wildman–Crippen MR) is 77.6 cm³/mol. The van der Waals surface area contributed by atoms with Crippen molar-refractivity contribution in [3.8, 4) is 0 Å². The molecule has 1 heterocycles. The first kappa shape index (κ1) is 16.3. The Morgan fingerprint density at radius 1 is 1.05 bits per heavy atom. The summed E-state index contributed by atoms with van der Waals surface area (Å²) < 4.78 is 40.7. The zero-order chi connectivity index (χ0) is 15.2. The van der Waals surface area contributed by atoms with Crippen molar-refractivity contribution in [3.63, 3.8) is 0 Å². The summed E-state index contributed by atoms with van der Waals surface area (Å²) >= 11 is 0. The molecule has 0 unspecified atom stereocenters. The lowest BCUT2D eigenvalue weighted by Crippen LogP contribution is -2.45. The lowest BCUT2D eigenvalue weighted by atomic mass is 9.97. The van der Waals surface area contributed by atoms with Gasteiger partial charge in [-0.05, 0) is 12.5 Å². The van der Waals surface area contributed by atoms with E-state index in [0.29, 0.717) is 6.07 Å². The molecule has 0 amide bonds. The van der Waals surface area contributed by atoms with E-state index in [1.54, 1.807) is 0 Å². The number of piperazine rings is 1. The van der Waals surface area contributed by atoms with Crippen LogP contribution in [0.4, 0.5) is 13.2 Å². The van der Waals surface area contributed by atoms with E-state index in [1.807, 2.05) is 0 Å². The number of unbranched alkanes of at least 4 members (excludes halogenated alkanes) is 2. The largest absolute Gasteiger partial charge is 0.314 e. The third-order valence-electron chi connectivity index (χ3n) is 4.07. The van der Waals surface area contributed by atoms with Crippen molar-refractivity contribution in [1.82, 2.24) is 10.2 Å². The molecule has 0 saturated carbocycles. The van der Waals surface area contributed by atoms with Gasteiger partial charge in [0.25, 0.3) is 0 Å². The van der Waals surface area contributed by atoms with Crippen molar-refractivity contribution in [2.75, 3.05) is 26.2 Å². The van der Waals surface area contributed by atoms with Gasteiger partial charge in [0.2, 0.25) is 0 Å². The maximum Gasteiger partial charge on any atom is 0.161 e. The van der Waals surface area contributed by atoms with Crippen LogP contribution in [0.1, 0.15) is 44.2 Å². The Hall–Kier alpha value is -1.07. The summed E-state index contributed by atoms with van der Waals surface area (Å²) in [7, 11) is 0. The quantitative estimate of drug-likeness (QED) is 0.637. The summed E-state index contributed by atoms with van der Waals surface area (Å²) in [5.74, 6) is -2.74. The summed E-state index contributed by atoms with van der Waals surface area (Å²) in [6.07, 6.45) is 3.88. The lowest BCUT2D eigenvalue weighted by molar-refractivity contribution is 0.159. The first-order chi connectivity index (χ1) is 10.1. The molecule has 1 aliphatic heterocycles. The molecule has 5 heteroatoms. The van der Waals surface area contributed by atoms with Gasteiger partial charge in [-0.15, -0.1) is 0 Å². The van der Waals surface area contributed by atoms with Crippen molar-refractivity contribution in [2.24, 2.45) is 0 Å². The Bertz CT molecular complexity index is 459. The minimum atomic E-state index is -1.12. The second kappa shape index (κ2) is 7.80. The lowest BCUT2D eigenvalue weighted by Gasteiger charge is -2.35. The first-order valence-electron chi connectivity index (χ1n) is 7.72. The van der Waals surface area contributed by atoms with Gasteiger partial charge in [-0.3, -0.25) is 4.90 Å². The van der Waals surface area contributed by atoms with Gasteiger partial charge in [-0.25, -0.2) is 13.2 Å². The fourth-order valence-corrected chi connectivity index (χ4v) is 2.91. The minimum Gasteiger partial charge on any atom is -0.314 e. The second-order valence-electron chi connectivity index (χ2n) is 5.59. The van der Waals surface area contributed by atoms with E-state index in [0.717, 1.165) is 57.9 Å². The number of benzene rings is 1. The molecule has 0 spiro atoms. The van der Waals surface area contributed by atoms with Gasteiger partial charge >= 0.3 is 0 Å². The van der Waals surface area contributed by atoms with Gasteiger partial charge in [0.15, 0.2) is 11.6 Å². The van der Waals surface area contributed by atoms with E-state index in [4.69, 9.17) is 0 Å². The summed E-state index contributed by atoms with van der Waals surface area (Å²) in [4.78, 5) is 2.17. The SMILES string of the molecule is CCCCC[C@H](c1cc(F)c(F)cc1F)N1CCNCC1. The number of halogens is 3. The maximum atomic E-state index is 14.1. The van der Waals surface area contributed by atoms with E-state index in [-0.39, 0.29) is 11.6 Å². The van der Waals surface area contributed by atoms with Crippen LogP contribution in [0.15, 0.2) is 12.1 Å². The van der Waals surface area contributed by atoms with Gasteiger partial charge in [-0.2, -0.15) is 0 Å². The maximum absolute atomic E-state index is 14.1. The molecule has 21 heavy (non-hydrogen) atoms. The summed E-state index contributed by atoms with van der Waals surface area (Å²) in [5, 5.41) is 3.25. The van der Waals surface area contributed by atoms with Crippen LogP contribution in [-0.2, 0) is 0 Å². The summed E-state index contributed by atoms with van der Waals surface area (Å²) in [5.41, 5.74) is 0.284. The highest BCUT2D eigenvalue weighted by molar-refractivity contribution is 5.24. The molecular formula is C16H23F3N2. The highest BCUT2D eigenvalue weighted by Crippen LogP contribution is 2.30.